The van der Waals surface area contributed by atoms with E-state index >= 15 is 0 Å². The molecule has 0 saturated carbocycles. The van der Waals surface area contributed by atoms with Gasteiger partial charge in [0.2, 0.25) is 11.8 Å². The van der Waals surface area contributed by atoms with Crippen LogP contribution in [0, 0.1) is 0 Å². The molecule has 0 aliphatic carbocycles. The van der Waals surface area contributed by atoms with Gasteiger partial charge in [0, 0.05) is 16.6 Å². The van der Waals surface area contributed by atoms with Gasteiger partial charge in [-0.15, -0.1) is 11.3 Å². The summed E-state index contributed by atoms with van der Waals surface area (Å²) in [5.74, 6) is 1.22. The number of rotatable bonds is 5. The third-order valence-corrected chi connectivity index (χ3v) is 4.53. The molecule has 2 aromatic heterocycles. The van der Waals surface area contributed by atoms with Crippen molar-refractivity contribution < 1.29 is 4.74 Å². The Morgan fingerprint density at radius 2 is 2.10 bits per heavy atom. The molecule has 0 fully saturated rings. The molecule has 0 aliphatic rings. The van der Waals surface area contributed by atoms with Crippen LogP contribution in [0.2, 0.25) is 0 Å². The molecule has 0 unspecified atom stereocenters. The Morgan fingerprint density at radius 1 is 1.24 bits per heavy atom. The summed E-state index contributed by atoms with van der Waals surface area (Å²) in [5, 5.41) is 6.09. The third kappa shape index (κ3) is 3.16. The van der Waals surface area contributed by atoms with Crippen molar-refractivity contribution in [2.75, 3.05) is 11.9 Å². The van der Waals surface area contributed by atoms with Gasteiger partial charge < -0.3 is 10.1 Å². The number of halogens is 1. The number of hydrogen-bond donors (Lipinski definition) is 1. The Morgan fingerprint density at radius 3 is 2.90 bits per heavy atom. The molecular weight excluding hydrogens is 350 g/mol. The van der Waals surface area contributed by atoms with Crippen LogP contribution in [0.5, 0.6) is 5.88 Å². The van der Waals surface area contributed by atoms with Crippen molar-refractivity contribution >= 4 is 43.4 Å². The van der Waals surface area contributed by atoms with Crippen LogP contribution in [-0.2, 0) is 6.61 Å². The SMILES string of the molecule is CCNc1nc(OCc2ccccc2Br)c2ccsc2n1. The molecule has 0 atom stereocenters. The van der Waals surface area contributed by atoms with E-state index in [0.717, 1.165) is 26.8 Å². The second-order valence-corrected chi connectivity index (χ2v) is 6.15. The highest BCUT2D eigenvalue weighted by Gasteiger charge is 2.10. The Balaban J connectivity index is 1.89. The predicted octanol–water partition coefficient (Wildman–Crippen LogP) is 4.46. The first-order valence-electron chi connectivity index (χ1n) is 6.63. The number of nitrogens with one attached hydrogen (secondary N) is 1. The van der Waals surface area contributed by atoms with E-state index in [-0.39, 0.29) is 0 Å². The van der Waals surface area contributed by atoms with Crippen molar-refractivity contribution in [2.45, 2.75) is 13.5 Å². The molecule has 3 rings (SSSR count). The molecule has 3 aromatic rings. The van der Waals surface area contributed by atoms with E-state index in [1.807, 2.05) is 42.6 Å². The number of aromatic nitrogens is 2. The van der Waals surface area contributed by atoms with Crippen LogP contribution >= 0.6 is 27.3 Å². The number of fused-ring (bicyclic) bond motifs is 1. The lowest BCUT2D eigenvalue weighted by Crippen LogP contribution is -2.04. The molecular formula is C15H14BrN3OS. The van der Waals surface area contributed by atoms with Crippen LogP contribution in [0.1, 0.15) is 12.5 Å². The predicted molar refractivity (Wildman–Crippen MR) is 90.1 cm³/mol. The van der Waals surface area contributed by atoms with E-state index in [9.17, 15) is 0 Å². The fraction of sp³-hybridized carbons (Fsp3) is 0.200. The minimum Gasteiger partial charge on any atom is -0.472 e. The molecule has 0 amide bonds. The maximum atomic E-state index is 5.92. The summed E-state index contributed by atoms with van der Waals surface area (Å²) in [6.07, 6.45) is 0. The normalized spacial score (nSPS) is 10.8. The van der Waals surface area contributed by atoms with Crippen LogP contribution in [0.3, 0.4) is 0 Å². The summed E-state index contributed by atoms with van der Waals surface area (Å²) in [4.78, 5) is 9.85. The molecule has 1 aromatic carbocycles. The topological polar surface area (TPSA) is 47.0 Å². The third-order valence-electron chi connectivity index (χ3n) is 2.95. The minimum absolute atomic E-state index is 0.467. The number of thiophene rings is 1. The van der Waals surface area contributed by atoms with Gasteiger partial charge in [0.25, 0.3) is 0 Å². The van der Waals surface area contributed by atoms with Crippen LogP contribution in [0.25, 0.3) is 10.2 Å². The maximum absolute atomic E-state index is 5.92. The zero-order chi connectivity index (χ0) is 14.7. The quantitative estimate of drug-likeness (QED) is 0.726. The molecule has 21 heavy (non-hydrogen) atoms. The molecule has 0 bridgehead atoms. The van der Waals surface area contributed by atoms with Gasteiger partial charge >= 0.3 is 0 Å². The maximum Gasteiger partial charge on any atom is 0.227 e. The highest BCUT2D eigenvalue weighted by molar-refractivity contribution is 9.10. The van der Waals surface area contributed by atoms with Gasteiger partial charge in [0.1, 0.15) is 11.4 Å². The molecule has 6 heteroatoms. The lowest BCUT2D eigenvalue weighted by Gasteiger charge is -2.09. The lowest BCUT2D eigenvalue weighted by atomic mass is 10.2. The number of ether oxygens (including phenoxy) is 1. The molecule has 0 spiro atoms. The van der Waals surface area contributed by atoms with Crippen molar-refractivity contribution in [3.05, 3.63) is 45.7 Å². The van der Waals surface area contributed by atoms with Gasteiger partial charge in [0.15, 0.2) is 0 Å². The van der Waals surface area contributed by atoms with Crippen molar-refractivity contribution in [3.63, 3.8) is 0 Å². The summed E-state index contributed by atoms with van der Waals surface area (Å²) in [7, 11) is 0. The average molecular weight is 364 g/mol. The molecule has 4 nitrogen and oxygen atoms in total. The summed E-state index contributed by atoms with van der Waals surface area (Å²) in [6.45, 7) is 3.26. The summed E-state index contributed by atoms with van der Waals surface area (Å²) in [5.41, 5.74) is 1.09. The monoisotopic (exact) mass is 363 g/mol. The number of nitrogens with zero attached hydrogens (tertiary/aromatic N) is 2. The van der Waals surface area contributed by atoms with Crippen LogP contribution < -0.4 is 10.1 Å². The highest BCUT2D eigenvalue weighted by Crippen LogP contribution is 2.29. The average Bonchev–Trinajstić information content (AvgIpc) is 2.95. The first-order chi connectivity index (χ1) is 10.3. The standard InChI is InChI=1S/C15H14BrN3OS/c1-2-17-15-18-13(11-7-8-21-14(11)19-15)20-9-10-5-3-4-6-12(10)16/h3-8H,2,9H2,1H3,(H,17,18,19). The number of anilines is 1. The Labute approximate surface area is 135 Å². The van der Waals surface area contributed by atoms with E-state index < -0.39 is 0 Å². The van der Waals surface area contributed by atoms with Crippen molar-refractivity contribution in [1.29, 1.82) is 0 Å². The van der Waals surface area contributed by atoms with Gasteiger partial charge in [-0.2, -0.15) is 4.98 Å². The molecule has 0 saturated heterocycles. The molecule has 1 N–H and O–H groups in total. The van der Waals surface area contributed by atoms with Crippen molar-refractivity contribution in [1.82, 2.24) is 9.97 Å². The summed E-state index contributed by atoms with van der Waals surface area (Å²) in [6, 6.07) is 10.0. The number of hydrogen-bond acceptors (Lipinski definition) is 5. The summed E-state index contributed by atoms with van der Waals surface area (Å²) >= 11 is 5.11. The highest BCUT2D eigenvalue weighted by atomic mass is 79.9. The van der Waals surface area contributed by atoms with Crippen LogP contribution in [-0.4, -0.2) is 16.5 Å². The van der Waals surface area contributed by atoms with E-state index in [1.165, 1.54) is 0 Å². The van der Waals surface area contributed by atoms with Gasteiger partial charge in [0.05, 0.1) is 5.39 Å². The van der Waals surface area contributed by atoms with E-state index in [0.29, 0.717) is 18.4 Å². The first kappa shape index (κ1) is 14.3. The summed E-state index contributed by atoms with van der Waals surface area (Å²) < 4.78 is 6.95. The molecule has 0 radical (unpaired) electrons. The van der Waals surface area contributed by atoms with Gasteiger partial charge in [-0.1, -0.05) is 34.1 Å². The first-order valence-corrected chi connectivity index (χ1v) is 8.30. The Hall–Kier alpha value is -1.66. The molecule has 2 heterocycles. The largest absolute Gasteiger partial charge is 0.472 e. The van der Waals surface area contributed by atoms with Crippen molar-refractivity contribution in [2.24, 2.45) is 0 Å². The van der Waals surface area contributed by atoms with E-state index in [2.05, 4.69) is 31.2 Å². The zero-order valence-electron chi connectivity index (χ0n) is 11.5. The fourth-order valence-corrected chi connectivity index (χ4v) is 3.09. The van der Waals surface area contributed by atoms with Crippen molar-refractivity contribution in [3.8, 4) is 5.88 Å². The molecule has 108 valence electrons. The fourth-order valence-electron chi connectivity index (χ4n) is 1.94. The zero-order valence-corrected chi connectivity index (χ0v) is 13.9. The smallest absolute Gasteiger partial charge is 0.227 e. The van der Waals surface area contributed by atoms with Gasteiger partial charge in [-0.3, -0.25) is 0 Å². The van der Waals surface area contributed by atoms with E-state index in [4.69, 9.17) is 4.74 Å². The Kier molecular flexibility index (Phi) is 4.36. The van der Waals surface area contributed by atoms with Crippen LogP contribution in [0.4, 0.5) is 5.95 Å². The molecule has 0 aliphatic heterocycles. The van der Waals surface area contributed by atoms with Gasteiger partial charge in [-0.25, -0.2) is 4.98 Å². The Bertz CT molecular complexity index is 760. The lowest BCUT2D eigenvalue weighted by molar-refractivity contribution is 0.297. The van der Waals surface area contributed by atoms with Gasteiger partial charge in [-0.05, 0) is 24.4 Å². The van der Waals surface area contributed by atoms with Crippen LogP contribution in [0.15, 0.2) is 40.2 Å². The number of benzene rings is 1. The minimum atomic E-state index is 0.467. The second-order valence-electron chi connectivity index (χ2n) is 4.40. The van der Waals surface area contributed by atoms with E-state index in [1.54, 1.807) is 11.3 Å². The second kappa shape index (κ2) is 6.41.